The lowest BCUT2D eigenvalue weighted by Gasteiger charge is -2.32. The largest absolute Gasteiger partial charge is 0.394 e. The molecule has 2 aromatic carbocycles. The minimum atomic E-state index is -0.722. The Labute approximate surface area is 119 Å². The highest BCUT2D eigenvalue weighted by molar-refractivity contribution is 5.50. The van der Waals surface area contributed by atoms with Crippen LogP contribution in [-0.2, 0) is 5.54 Å². The minimum absolute atomic E-state index is 0.120. The van der Waals surface area contributed by atoms with Crippen LogP contribution >= 0.6 is 0 Å². The van der Waals surface area contributed by atoms with Crippen molar-refractivity contribution in [2.45, 2.75) is 26.3 Å². The van der Waals surface area contributed by atoms with Crippen molar-refractivity contribution in [3.8, 4) is 0 Å². The molecular weight excluding hydrogens is 253 g/mol. The van der Waals surface area contributed by atoms with E-state index in [-0.39, 0.29) is 12.4 Å². The van der Waals surface area contributed by atoms with Crippen molar-refractivity contribution in [1.82, 2.24) is 0 Å². The van der Waals surface area contributed by atoms with E-state index in [1.54, 1.807) is 18.2 Å². The van der Waals surface area contributed by atoms with Crippen LogP contribution in [0.5, 0.6) is 0 Å². The van der Waals surface area contributed by atoms with Crippen molar-refractivity contribution in [2.75, 3.05) is 11.9 Å². The van der Waals surface area contributed by atoms with Gasteiger partial charge in [0.25, 0.3) is 0 Å². The molecule has 2 rings (SSSR count). The highest BCUT2D eigenvalue weighted by Gasteiger charge is 2.28. The Morgan fingerprint density at radius 3 is 2.45 bits per heavy atom. The summed E-state index contributed by atoms with van der Waals surface area (Å²) in [5.41, 5.74) is 2.88. The molecule has 3 heteroatoms. The van der Waals surface area contributed by atoms with Gasteiger partial charge in [0, 0.05) is 0 Å². The Morgan fingerprint density at radius 2 is 1.85 bits per heavy atom. The molecular formula is C17H20FNO. The van der Waals surface area contributed by atoms with Crippen LogP contribution in [0.1, 0.15) is 23.6 Å². The number of hydrogen-bond donors (Lipinski definition) is 2. The van der Waals surface area contributed by atoms with Crippen molar-refractivity contribution in [3.05, 3.63) is 65.0 Å². The standard InChI is InChI=1S/C17H20FNO/c1-12-8-9-14(13(2)10-12)17(3,11-20)19-16-7-5-4-6-15(16)18/h4-10,19-20H,11H2,1-3H3. The van der Waals surface area contributed by atoms with Gasteiger partial charge in [-0.1, -0.05) is 35.9 Å². The number of rotatable bonds is 4. The lowest BCUT2D eigenvalue weighted by molar-refractivity contribution is 0.223. The summed E-state index contributed by atoms with van der Waals surface area (Å²) in [4.78, 5) is 0. The van der Waals surface area contributed by atoms with Gasteiger partial charge < -0.3 is 10.4 Å². The Bertz CT molecular complexity index is 612. The van der Waals surface area contributed by atoms with Gasteiger partial charge in [0.1, 0.15) is 5.82 Å². The van der Waals surface area contributed by atoms with E-state index < -0.39 is 5.54 Å². The van der Waals surface area contributed by atoms with Gasteiger partial charge in [-0.05, 0) is 44.0 Å². The molecule has 2 nitrogen and oxygen atoms in total. The van der Waals surface area contributed by atoms with E-state index in [0.29, 0.717) is 5.69 Å². The molecule has 0 heterocycles. The molecule has 0 amide bonds. The average molecular weight is 273 g/mol. The normalized spacial score (nSPS) is 13.8. The molecule has 0 saturated heterocycles. The molecule has 0 aliphatic rings. The minimum Gasteiger partial charge on any atom is -0.394 e. The number of para-hydroxylation sites is 1. The fraction of sp³-hybridized carbons (Fsp3) is 0.294. The van der Waals surface area contributed by atoms with Crippen molar-refractivity contribution >= 4 is 5.69 Å². The van der Waals surface area contributed by atoms with Crippen molar-refractivity contribution in [1.29, 1.82) is 0 Å². The summed E-state index contributed by atoms with van der Waals surface area (Å²) in [5, 5.41) is 12.9. The van der Waals surface area contributed by atoms with Crippen LogP contribution in [0.25, 0.3) is 0 Å². The first-order chi connectivity index (χ1) is 9.46. The van der Waals surface area contributed by atoms with Crippen LogP contribution in [0.2, 0.25) is 0 Å². The van der Waals surface area contributed by atoms with E-state index in [0.717, 1.165) is 16.7 Å². The van der Waals surface area contributed by atoms with Crippen LogP contribution in [0.15, 0.2) is 42.5 Å². The van der Waals surface area contributed by atoms with E-state index >= 15 is 0 Å². The summed E-state index contributed by atoms with van der Waals surface area (Å²) < 4.78 is 13.8. The van der Waals surface area contributed by atoms with E-state index in [9.17, 15) is 9.50 Å². The van der Waals surface area contributed by atoms with Gasteiger partial charge in [-0.15, -0.1) is 0 Å². The predicted octanol–water partition coefficient (Wildman–Crippen LogP) is 3.76. The molecule has 0 fully saturated rings. The van der Waals surface area contributed by atoms with Crippen LogP contribution in [-0.4, -0.2) is 11.7 Å². The summed E-state index contributed by atoms with van der Waals surface area (Å²) >= 11 is 0. The van der Waals surface area contributed by atoms with Gasteiger partial charge in [0.05, 0.1) is 17.8 Å². The lowest BCUT2D eigenvalue weighted by Crippen LogP contribution is -2.37. The Balaban J connectivity index is 2.41. The van der Waals surface area contributed by atoms with Crippen molar-refractivity contribution in [2.24, 2.45) is 0 Å². The third kappa shape index (κ3) is 2.83. The summed E-state index contributed by atoms with van der Waals surface area (Å²) in [6, 6.07) is 12.5. The number of benzene rings is 2. The molecule has 0 spiro atoms. The Kier molecular flexibility index (Phi) is 4.09. The number of anilines is 1. The number of aliphatic hydroxyl groups is 1. The molecule has 0 radical (unpaired) electrons. The zero-order chi connectivity index (χ0) is 14.8. The summed E-state index contributed by atoms with van der Waals surface area (Å²) in [6.07, 6.45) is 0. The molecule has 1 unspecified atom stereocenters. The number of aryl methyl sites for hydroxylation is 2. The van der Waals surface area contributed by atoms with Crippen molar-refractivity contribution in [3.63, 3.8) is 0 Å². The first kappa shape index (κ1) is 14.5. The third-order valence-corrected chi connectivity index (χ3v) is 3.58. The van der Waals surface area contributed by atoms with Gasteiger partial charge in [-0.3, -0.25) is 0 Å². The Morgan fingerprint density at radius 1 is 1.15 bits per heavy atom. The molecule has 0 aliphatic carbocycles. The molecule has 2 aromatic rings. The summed E-state index contributed by atoms with van der Waals surface area (Å²) in [7, 11) is 0. The van der Waals surface area contributed by atoms with Gasteiger partial charge in [-0.25, -0.2) is 4.39 Å². The van der Waals surface area contributed by atoms with Crippen LogP contribution < -0.4 is 5.32 Å². The van der Waals surface area contributed by atoms with Gasteiger partial charge in [0.2, 0.25) is 0 Å². The fourth-order valence-electron chi connectivity index (χ4n) is 2.48. The first-order valence-corrected chi connectivity index (χ1v) is 6.67. The van der Waals surface area contributed by atoms with Crippen LogP contribution in [0.3, 0.4) is 0 Å². The van der Waals surface area contributed by atoms with Gasteiger partial charge in [0.15, 0.2) is 0 Å². The van der Waals surface area contributed by atoms with Crippen LogP contribution in [0.4, 0.5) is 10.1 Å². The quantitative estimate of drug-likeness (QED) is 0.889. The third-order valence-electron chi connectivity index (χ3n) is 3.58. The molecule has 0 saturated carbocycles. The number of aliphatic hydroxyl groups excluding tert-OH is 1. The molecule has 2 N–H and O–H groups in total. The summed E-state index contributed by atoms with van der Waals surface area (Å²) in [6.45, 7) is 5.78. The Hall–Kier alpha value is -1.87. The van der Waals surface area contributed by atoms with Crippen LogP contribution in [0, 0.1) is 19.7 Å². The topological polar surface area (TPSA) is 32.3 Å². The maximum absolute atomic E-state index is 13.8. The number of halogens is 1. The lowest BCUT2D eigenvalue weighted by atomic mass is 9.88. The van der Waals surface area contributed by atoms with Gasteiger partial charge in [-0.2, -0.15) is 0 Å². The molecule has 0 bridgehead atoms. The SMILES string of the molecule is Cc1ccc(C(C)(CO)Nc2ccccc2F)c(C)c1. The van der Waals surface area contributed by atoms with E-state index in [1.165, 1.54) is 6.07 Å². The van der Waals surface area contributed by atoms with Crippen molar-refractivity contribution < 1.29 is 9.50 Å². The fourth-order valence-corrected chi connectivity index (χ4v) is 2.48. The van der Waals surface area contributed by atoms with E-state index in [4.69, 9.17) is 0 Å². The second-order valence-corrected chi connectivity index (χ2v) is 5.41. The average Bonchev–Trinajstić information content (AvgIpc) is 2.41. The smallest absolute Gasteiger partial charge is 0.146 e. The summed E-state index contributed by atoms with van der Waals surface area (Å²) in [5.74, 6) is -0.322. The number of hydrogen-bond acceptors (Lipinski definition) is 2. The second kappa shape index (κ2) is 5.63. The molecule has 20 heavy (non-hydrogen) atoms. The zero-order valence-corrected chi connectivity index (χ0v) is 12.1. The maximum Gasteiger partial charge on any atom is 0.146 e. The molecule has 0 aromatic heterocycles. The molecule has 0 aliphatic heterocycles. The van der Waals surface area contributed by atoms with Gasteiger partial charge >= 0.3 is 0 Å². The number of nitrogens with one attached hydrogen (secondary N) is 1. The second-order valence-electron chi connectivity index (χ2n) is 5.41. The highest BCUT2D eigenvalue weighted by Crippen LogP contribution is 2.29. The molecule has 1 atom stereocenters. The maximum atomic E-state index is 13.8. The highest BCUT2D eigenvalue weighted by atomic mass is 19.1. The predicted molar refractivity (Wildman–Crippen MR) is 80.4 cm³/mol. The van der Waals surface area contributed by atoms with E-state index in [2.05, 4.69) is 11.4 Å². The molecule has 106 valence electrons. The van der Waals surface area contributed by atoms with E-state index in [1.807, 2.05) is 32.9 Å². The first-order valence-electron chi connectivity index (χ1n) is 6.67. The monoisotopic (exact) mass is 273 g/mol. The zero-order valence-electron chi connectivity index (χ0n) is 12.1.